The minimum atomic E-state index is -0.429. The zero-order valence-corrected chi connectivity index (χ0v) is 12.9. The fourth-order valence-corrected chi connectivity index (χ4v) is 3.88. The van der Waals surface area contributed by atoms with Crippen LogP contribution in [-0.2, 0) is 4.79 Å². The standard InChI is InChI=1S/C18H21NO3/c1-21-15-8-5-9-16-14(15)10-12-11-19(18(20)17(12)22-16)13-6-3-2-4-7-13/h5,8-10,13,17H,2-4,6-7,11H2,1H3. The van der Waals surface area contributed by atoms with Crippen molar-refractivity contribution in [2.45, 2.75) is 44.2 Å². The Morgan fingerprint density at radius 3 is 2.82 bits per heavy atom. The first-order valence-electron chi connectivity index (χ1n) is 8.12. The van der Waals surface area contributed by atoms with Gasteiger partial charge in [0.2, 0.25) is 0 Å². The molecule has 1 amide bonds. The lowest BCUT2D eigenvalue weighted by atomic mass is 9.94. The molecule has 1 aromatic carbocycles. The van der Waals surface area contributed by atoms with Crippen molar-refractivity contribution < 1.29 is 14.3 Å². The number of hydrogen-bond donors (Lipinski definition) is 0. The van der Waals surface area contributed by atoms with Crippen molar-refractivity contribution in [3.63, 3.8) is 0 Å². The van der Waals surface area contributed by atoms with E-state index in [0.717, 1.165) is 35.5 Å². The Labute approximate surface area is 130 Å². The van der Waals surface area contributed by atoms with Gasteiger partial charge in [0.15, 0.2) is 6.10 Å². The molecular formula is C18H21NO3. The summed E-state index contributed by atoms with van der Waals surface area (Å²) >= 11 is 0. The van der Waals surface area contributed by atoms with Crippen LogP contribution in [0.2, 0.25) is 0 Å². The molecule has 4 rings (SSSR count). The lowest BCUT2D eigenvalue weighted by Crippen LogP contribution is -2.41. The van der Waals surface area contributed by atoms with Crippen LogP contribution in [0.3, 0.4) is 0 Å². The number of fused-ring (bicyclic) bond motifs is 2. The molecule has 1 saturated carbocycles. The predicted octanol–water partition coefficient (Wildman–Crippen LogP) is 3.01. The van der Waals surface area contributed by atoms with Crippen molar-refractivity contribution in [2.24, 2.45) is 0 Å². The zero-order chi connectivity index (χ0) is 15.1. The van der Waals surface area contributed by atoms with Crippen LogP contribution in [0, 0.1) is 0 Å². The Morgan fingerprint density at radius 2 is 2.05 bits per heavy atom. The maximum absolute atomic E-state index is 12.7. The number of benzene rings is 1. The summed E-state index contributed by atoms with van der Waals surface area (Å²) in [5, 5.41) is 0. The number of likely N-dealkylation sites (tertiary alicyclic amines) is 1. The minimum absolute atomic E-state index is 0.131. The van der Waals surface area contributed by atoms with Crippen molar-refractivity contribution in [1.82, 2.24) is 4.90 Å². The average molecular weight is 299 g/mol. The van der Waals surface area contributed by atoms with E-state index in [9.17, 15) is 4.79 Å². The average Bonchev–Trinajstić information content (AvgIpc) is 2.89. The first kappa shape index (κ1) is 13.7. The zero-order valence-electron chi connectivity index (χ0n) is 12.9. The quantitative estimate of drug-likeness (QED) is 0.842. The molecule has 2 heterocycles. The van der Waals surface area contributed by atoms with Crippen LogP contribution in [0.15, 0.2) is 23.8 Å². The molecule has 2 aliphatic heterocycles. The lowest BCUT2D eigenvalue weighted by Gasteiger charge is -2.30. The Balaban J connectivity index is 1.64. The molecule has 0 spiro atoms. The molecule has 3 aliphatic rings. The van der Waals surface area contributed by atoms with E-state index in [4.69, 9.17) is 9.47 Å². The highest BCUT2D eigenvalue weighted by atomic mass is 16.5. The first-order valence-corrected chi connectivity index (χ1v) is 8.12. The van der Waals surface area contributed by atoms with E-state index in [2.05, 4.69) is 6.08 Å². The molecule has 0 aromatic heterocycles. The van der Waals surface area contributed by atoms with Gasteiger partial charge in [-0.15, -0.1) is 0 Å². The third kappa shape index (κ3) is 2.09. The van der Waals surface area contributed by atoms with E-state index in [-0.39, 0.29) is 5.91 Å². The second kappa shape index (κ2) is 5.34. The van der Waals surface area contributed by atoms with Crippen molar-refractivity contribution in [1.29, 1.82) is 0 Å². The topological polar surface area (TPSA) is 38.8 Å². The fraction of sp³-hybridized carbons (Fsp3) is 0.500. The van der Waals surface area contributed by atoms with Crippen molar-refractivity contribution in [3.05, 3.63) is 29.3 Å². The second-order valence-corrected chi connectivity index (χ2v) is 6.35. The van der Waals surface area contributed by atoms with Gasteiger partial charge in [-0.05, 0) is 36.6 Å². The number of carbonyl (C=O) groups excluding carboxylic acids is 1. The third-order valence-corrected chi connectivity index (χ3v) is 5.03. The van der Waals surface area contributed by atoms with Crippen LogP contribution < -0.4 is 9.47 Å². The predicted molar refractivity (Wildman–Crippen MR) is 84.0 cm³/mol. The number of ether oxygens (including phenoxy) is 2. The molecule has 0 radical (unpaired) electrons. The van der Waals surface area contributed by atoms with E-state index >= 15 is 0 Å². The molecule has 22 heavy (non-hydrogen) atoms. The summed E-state index contributed by atoms with van der Waals surface area (Å²) in [5.74, 6) is 1.67. The number of rotatable bonds is 2. The van der Waals surface area contributed by atoms with E-state index in [1.165, 1.54) is 19.3 Å². The smallest absolute Gasteiger partial charge is 0.268 e. The highest BCUT2D eigenvalue weighted by Crippen LogP contribution is 2.40. The van der Waals surface area contributed by atoms with Gasteiger partial charge in [0.1, 0.15) is 11.5 Å². The summed E-state index contributed by atoms with van der Waals surface area (Å²) in [7, 11) is 1.66. The van der Waals surface area contributed by atoms with Crippen LogP contribution in [0.5, 0.6) is 11.5 Å². The Morgan fingerprint density at radius 1 is 1.23 bits per heavy atom. The minimum Gasteiger partial charge on any atom is -0.496 e. The van der Waals surface area contributed by atoms with Gasteiger partial charge in [0.05, 0.1) is 12.7 Å². The monoisotopic (exact) mass is 299 g/mol. The summed E-state index contributed by atoms with van der Waals surface area (Å²) in [6, 6.07) is 6.12. The highest BCUT2D eigenvalue weighted by Gasteiger charge is 2.43. The first-order chi connectivity index (χ1) is 10.8. The van der Waals surface area contributed by atoms with E-state index in [1.54, 1.807) is 7.11 Å². The lowest BCUT2D eigenvalue weighted by molar-refractivity contribution is -0.135. The molecule has 1 unspecified atom stereocenters. The number of carbonyl (C=O) groups is 1. The normalized spacial score (nSPS) is 24.4. The van der Waals surface area contributed by atoms with Gasteiger partial charge in [0.25, 0.3) is 5.91 Å². The van der Waals surface area contributed by atoms with Crippen LogP contribution >= 0.6 is 0 Å². The van der Waals surface area contributed by atoms with Gasteiger partial charge < -0.3 is 14.4 Å². The van der Waals surface area contributed by atoms with E-state index in [1.807, 2.05) is 23.1 Å². The molecule has 0 N–H and O–H groups in total. The molecule has 1 atom stereocenters. The maximum Gasteiger partial charge on any atom is 0.268 e. The summed E-state index contributed by atoms with van der Waals surface area (Å²) in [6.45, 7) is 0.700. The Bertz CT molecular complexity index is 631. The molecule has 1 saturated heterocycles. The summed E-state index contributed by atoms with van der Waals surface area (Å²) < 4.78 is 11.4. The van der Waals surface area contributed by atoms with Gasteiger partial charge in [0, 0.05) is 12.6 Å². The maximum atomic E-state index is 12.7. The van der Waals surface area contributed by atoms with Crippen LogP contribution in [0.4, 0.5) is 0 Å². The molecule has 4 heteroatoms. The molecule has 1 aliphatic carbocycles. The van der Waals surface area contributed by atoms with Crippen LogP contribution in [-0.4, -0.2) is 36.6 Å². The molecule has 2 fully saturated rings. The van der Waals surface area contributed by atoms with Gasteiger partial charge in [-0.1, -0.05) is 25.3 Å². The van der Waals surface area contributed by atoms with Gasteiger partial charge in [-0.25, -0.2) is 0 Å². The van der Waals surface area contributed by atoms with Gasteiger partial charge in [-0.3, -0.25) is 4.79 Å². The molecule has 4 nitrogen and oxygen atoms in total. The largest absolute Gasteiger partial charge is 0.496 e. The Hall–Kier alpha value is -1.97. The second-order valence-electron chi connectivity index (χ2n) is 6.35. The third-order valence-electron chi connectivity index (χ3n) is 5.03. The van der Waals surface area contributed by atoms with Crippen LogP contribution in [0.1, 0.15) is 37.7 Å². The number of nitrogens with zero attached hydrogens (tertiary/aromatic N) is 1. The number of methoxy groups -OCH3 is 1. The van der Waals surface area contributed by atoms with Crippen molar-refractivity contribution >= 4 is 12.0 Å². The van der Waals surface area contributed by atoms with Crippen LogP contribution in [0.25, 0.3) is 6.08 Å². The molecular weight excluding hydrogens is 278 g/mol. The van der Waals surface area contributed by atoms with E-state index in [0.29, 0.717) is 12.6 Å². The summed E-state index contributed by atoms with van der Waals surface area (Å²) in [5.41, 5.74) is 2.02. The van der Waals surface area contributed by atoms with E-state index < -0.39 is 6.10 Å². The molecule has 116 valence electrons. The fourth-order valence-electron chi connectivity index (χ4n) is 3.88. The Kier molecular flexibility index (Phi) is 3.32. The number of hydrogen-bond acceptors (Lipinski definition) is 3. The highest BCUT2D eigenvalue weighted by molar-refractivity contribution is 5.92. The SMILES string of the molecule is COc1cccc2c1C=C1CN(C3CCCCC3)C(=O)C1O2. The van der Waals surface area contributed by atoms with Crippen molar-refractivity contribution in [2.75, 3.05) is 13.7 Å². The molecule has 1 aromatic rings. The molecule has 0 bridgehead atoms. The van der Waals surface area contributed by atoms with Gasteiger partial charge >= 0.3 is 0 Å². The number of amides is 1. The van der Waals surface area contributed by atoms with Gasteiger partial charge in [-0.2, -0.15) is 0 Å². The summed E-state index contributed by atoms with van der Waals surface area (Å²) in [4.78, 5) is 14.8. The summed E-state index contributed by atoms with van der Waals surface area (Å²) in [6.07, 6.45) is 7.67. The van der Waals surface area contributed by atoms with Crippen molar-refractivity contribution in [3.8, 4) is 11.5 Å².